The van der Waals surface area contributed by atoms with Gasteiger partial charge in [0.25, 0.3) is 0 Å². The molecule has 0 radical (unpaired) electrons. The van der Waals surface area contributed by atoms with Gasteiger partial charge in [-0.15, -0.1) is 0 Å². The zero-order valence-corrected chi connectivity index (χ0v) is 8.09. The normalized spacial score (nSPS) is 22.1. The van der Waals surface area contributed by atoms with Gasteiger partial charge in [0.1, 0.15) is 6.29 Å². The number of aldehydes is 1. The van der Waals surface area contributed by atoms with E-state index in [4.69, 9.17) is 0 Å². The summed E-state index contributed by atoms with van der Waals surface area (Å²) in [5.74, 6) is 1.22. The summed E-state index contributed by atoms with van der Waals surface area (Å²) in [6.07, 6.45) is 10.5. The van der Waals surface area contributed by atoms with Gasteiger partial charge >= 0.3 is 0 Å². The Bertz CT molecular complexity index is 125. The van der Waals surface area contributed by atoms with E-state index in [1.54, 1.807) is 0 Å². The molecule has 0 aromatic heterocycles. The molecule has 0 N–H and O–H groups in total. The summed E-state index contributed by atoms with van der Waals surface area (Å²) >= 11 is 0. The van der Waals surface area contributed by atoms with Crippen LogP contribution < -0.4 is 0 Å². The van der Waals surface area contributed by atoms with E-state index in [2.05, 4.69) is 0 Å². The third kappa shape index (κ3) is 3.38. The van der Waals surface area contributed by atoms with Crippen LogP contribution in [0.4, 0.5) is 0 Å². The van der Waals surface area contributed by atoms with Crippen LogP contribution in [0.2, 0.25) is 0 Å². The molecule has 0 aromatic carbocycles. The lowest BCUT2D eigenvalue weighted by Crippen LogP contribution is -2.08. The maximum absolute atomic E-state index is 10.4. The van der Waals surface area contributed by atoms with Crippen molar-refractivity contribution < 1.29 is 4.79 Å². The summed E-state index contributed by atoms with van der Waals surface area (Å²) in [6, 6.07) is 0. The minimum absolute atomic E-state index is 0.284. The smallest absolute Gasteiger partial charge is 0.122 e. The number of hydrogen-bond donors (Lipinski definition) is 0. The Labute approximate surface area is 75.5 Å². The van der Waals surface area contributed by atoms with Gasteiger partial charge in [-0.05, 0) is 18.8 Å². The third-order valence-electron chi connectivity index (χ3n) is 2.99. The fourth-order valence-corrected chi connectivity index (χ4v) is 2.04. The quantitative estimate of drug-likeness (QED) is 0.589. The van der Waals surface area contributed by atoms with Crippen molar-refractivity contribution in [1.29, 1.82) is 0 Å². The summed E-state index contributed by atoms with van der Waals surface area (Å²) in [5, 5.41) is 0. The first-order valence-corrected chi connectivity index (χ1v) is 5.28. The second kappa shape index (κ2) is 5.34. The molecule has 0 aromatic rings. The van der Waals surface area contributed by atoms with Crippen LogP contribution in [0.25, 0.3) is 0 Å². The monoisotopic (exact) mass is 168 g/mol. The minimum Gasteiger partial charge on any atom is -0.303 e. The van der Waals surface area contributed by atoms with Gasteiger partial charge in [0.05, 0.1) is 0 Å². The topological polar surface area (TPSA) is 17.1 Å². The van der Waals surface area contributed by atoms with Crippen molar-refractivity contribution in [1.82, 2.24) is 0 Å². The van der Waals surface area contributed by atoms with Crippen molar-refractivity contribution in [2.75, 3.05) is 0 Å². The molecular formula is C11H20O. The van der Waals surface area contributed by atoms with Crippen molar-refractivity contribution in [3.05, 3.63) is 0 Å². The summed E-state index contributed by atoms with van der Waals surface area (Å²) in [6.45, 7) is 2.02. The fraction of sp³-hybridized carbons (Fsp3) is 0.909. The van der Waals surface area contributed by atoms with Crippen molar-refractivity contribution in [3.63, 3.8) is 0 Å². The Morgan fingerprint density at radius 1 is 1.33 bits per heavy atom. The lowest BCUT2D eigenvalue weighted by molar-refractivity contribution is -0.110. The van der Waals surface area contributed by atoms with Gasteiger partial charge in [0.15, 0.2) is 0 Å². The molecule has 1 saturated carbocycles. The van der Waals surface area contributed by atoms with Gasteiger partial charge in [0, 0.05) is 5.92 Å². The predicted molar refractivity (Wildman–Crippen MR) is 51.0 cm³/mol. The predicted octanol–water partition coefficient (Wildman–Crippen LogP) is 3.18. The molecule has 1 aliphatic carbocycles. The standard InChI is InChI=1S/C11H20O/c1-10(9-12)7-8-11-5-3-2-4-6-11/h9-11H,2-8H2,1H3. The van der Waals surface area contributed by atoms with E-state index in [0.717, 1.165) is 18.6 Å². The number of hydrogen-bond acceptors (Lipinski definition) is 1. The molecule has 1 aliphatic rings. The zero-order chi connectivity index (χ0) is 8.81. The van der Waals surface area contributed by atoms with Gasteiger partial charge in [-0.3, -0.25) is 0 Å². The van der Waals surface area contributed by atoms with E-state index in [9.17, 15) is 4.79 Å². The number of carbonyl (C=O) groups excluding carboxylic acids is 1. The molecule has 0 amide bonds. The molecule has 1 fully saturated rings. The van der Waals surface area contributed by atoms with Crippen LogP contribution in [0.3, 0.4) is 0 Å². The molecule has 1 atom stereocenters. The minimum atomic E-state index is 0.284. The molecule has 1 nitrogen and oxygen atoms in total. The van der Waals surface area contributed by atoms with Crippen molar-refractivity contribution in [2.24, 2.45) is 11.8 Å². The molecular weight excluding hydrogens is 148 g/mol. The molecule has 1 rings (SSSR count). The van der Waals surface area contributed by atoms with Crippen LogP contribution in [0.1, 0.15) is 51.9 Å². The Morgan fingerprint density at radius 2 is 2.00 bits per heavy atom. The van der Waals surface area contributed by atoms with Gasteiger partial charge < -0.3 is 4.79 Å². The highest BCUT2D eigenvalue weighted by molar-refractivity contribution is 5.52. The zero-order valence-electron chi connectivity index (χ0n) is 8.09. The lowest BCUT2D eigenvalue weighted by atomic mass is 9.84. The largest absolute Gasteiger partial charge is 0.303 e. The third-order valence-corrected chi connectivity index (χ3v) is 2.99. The van der Waals surface area contributed by atoms with E-state index in [1.807, 2.05) is 6.92 Å². The highest BCUT2D eigenvalue weighted by atomic mass is 16.1. The molecule has 0 aliphatic heterocycles. The molecule has 0 heterocycles. The molecule has 0 saturated heterocycles. The van der Waals surface area contributed by atoms with E-state index >= 15 is 0 Å². The van der Waals surface area contributed by atoms with Gasteiger partial charge in [0.2, 0.25) is 0 Å². The van der Waals surface area contributed by atoms with Crippen LogP contribution >= 0.6 is 0 Å². The highest BCUT2D eigenvalue weighted by Gasteiger charge is 2.13. The first-order chi connectivity index (χ1) is 5.83. The summed E-state index contributed by atoms with van der Waals surface area (Å²) in [7, 11) is 0. The van der Waals surface area contributed by atoms with Crippen LogP contribution in [0.15, 0.2) is 0 Å². The highest BCUT2D eigenvalue weighted by Crippen LogP contribution is 2.28. The Morgan fingerprint density at radius 3 is 2.58 bits per heavy atom. The van der Waals surface area contributed by atoms with Gasteiger partial charge in [-0.25, -0.2) is 0 Å². The first-order valence-electron chi connectivity index (χ1n) is 5.28. The van der Waals surface area contributed by atoms with Crippen LogP contribution in [0.5, 0.6) is 0 Å². The molecule has 0 bridgehead atoms. The molecule has 1 heteroatoms. The SMILES string of the molecule is CC(C=O)CCC1CCCCC1. The first kappa shape index (κ1) is 9.76. The van der Waals surface area contributed by atoms with E-state index in [1.165, 1.54) is 38.5 Å². The van der Waals surface area contributed by atoms with Crippen molar-refractivity contribution in [3.8, 4) is 0 Å². The molecule has 0 spiro atoms. The summed E-state index contributed by atoms with van der Waals surface area (Å²) in [5.41, 5.74) is 0. The molecule has 70 valence electrons. The molecule has 1 unspecified atom stereocenters. The lowest BCUT2D eigenvalue weighted by Gasteiger charge is -2.21. The average molecular weight is 168 g/mol. The van der Waals surface area contributed by atoms with Crippen molar-refractivity contribution in [2.45, 2.75) is 51.9 Å². The van der Waals surface area contributed by atoms with Crippen LogP contribution in [-0.4, -0.2) is 6.29 Å². The fourth-order valence-electron chi connectivity index (χ4n) is 2.04. The van der Waals surface area contributed by atoms with Gasteiger partial charge in [-0.1, -0.05) is 39.0 Å². The van der Waals surface area contributed by atoms with E-state index in [-0.39, 0.29) is 5.92 Å². The van der Waals surface area contributed by atoms with Crippen molar-refractivity contribution >= 4 is 6.29 Å². The number of rotatable bonds is 4. The average Bonchev–Trinajstić information content (AvgIpc) is 2.16. The Kier molecular flexibility index (Phi) is 4.34. The van der Waals surface area contributed by atoms with Crippen LogP contribution in [0, 0.1) is 11.8 Å². The second-order valence-electron chi connectivity index (χ2n) is 4.19. The maximum atomic E-state index is 10.4. The van der Waals surface area contributed by atoms with E-state index < -0.39 is 0 Å². The summed E-state index contributed by atoms with van der Waals surface area (Å²) in [4.78, 5) is 10.4. The number of carbonyl (C=O) groups is 1. The van der Waals surface area contributed by atoms with E-state index in [0.29, 0.717) is 0 Å². The maximum Gasteiger partial charge on any atom is 0.122 e. The molecule has 12 heavy (non-hydrogen) atoms. The summed E-state index contributed by atoms with van der Waals surface area (Å²) < 4.78 is 0. The Balaban J connectivity index is 2.08. The van der Waals surface area contributed by atoms with Gasteiger partial charge in [-0.2, -0.15) is 0 Å². The second-order valence-corrected chi connectivity index (χ2v) is 4.19. The van der Waals surface area contributed by atoms with Crippen LogP contribution in [-0.2, 0) is 4.79 Å². The Hall–Kier alpha value is -0.330.